The lowest BCUT2D eigenvalue weighted by Gasteiger charge is -2.12. The number of rotatable bonds is 6. The Bertz CT molecular complexity index is 883. The molecule has 152 valence electrons. The summed E-state index contributed by atoms with van der Waals surface area (Å²) in [5.74, 6) is -1.66. The van der Waals surface area contributed by atoms with Crippen molar-refractivity contribution in [2.45, 2.75) is 17.5 Å². The van der Waals surface area contributed by atoms with Gasteiger partial charge in [-0.1, -0.05) is 12.1 Å². The third-order valence-electron chi connectivity index (χ3n) is 2.82. The van der Waals surface area contributed by atoms with E-state index in [1.54, 1.807) is 5.48 Å². The topological polar surface area (TPSA) is 115 Å². The second kappa shape index (κ2) is 8.83. The number of anilines is 1. The number of hydrogen-bond donors (Lipinski definition) is 2. The van der Waals surface area contributed by atoms with Gasteiger partial charge in [-0.05, 0) is 12.1 Å². The van der Waals surface area contributed by atoms with Gasteiger partial charge in [-0.3, -0.25) is 5.32 Å². The highest BCUT2D eigenvalue weighted by atomic mass is 32.2. The van der Waals surface area contributed by atoms with E-state index in [4.69, 9.17) is 0 Å². The number of methoxy groups -OCH3 is 1. The summed E-state index contributed by atoms with van der Waals surface area (Å²) < 4.78 is 84.9. The highest BCUT2D eigenvalue weighted by Crippen LogP contribution is 2.33. The number of ether oxygens (including phenoxy) is 1. The molecule has 0 saturated carbocycles. The molecule has 28 heavy (non-hydrogen) atoms. The van der Waals surface area contributed by atoms with E-state index in [-0.39, 0.29) is 0 Å². The first kappa shape index (κ1) is 21.4. The van der Waals surface area contributed by atoms with Crippen molar-refractivity contribution < 1.29 is 40.0 Å². The standard InChI is InChI=1S/C13H10F5N5O4S/c1-26-12-20-9(8(14)15)19-10(22-12)21-11(24)23-27-28(25)7-5-3-2-4-6(7)13(16,17)18/h2-5,8H,1H3,(H2,19,20,21,22,23,24). The number of aromatic nitrogens is 3. The van der Waals surface area contributed by atoms with Crippen molar-refractivity contribution in [2.75, 3.05) is 12.4 Å². The molecule has 0 aliphatic carbocycles. The number of benzene rings is 1. The number of alkyl halides is 5. The van der Waals surface area contributed by atoms with E-state index in [1.807, 2.05) is 5.32 Å². The molecule has 1 heterocycles. The lowest BCUT2D eigenvalue weighted by Crippen LogP contribution is -2.31. The Balaban J connectivity index is 2.06. The molecule has 0 radical (unpaired) electrons. The summed E-state index contributed by atoms with van der Waals surface area (Å²) in [6.45, 7) is 0. The average molecular weight is 427 g/mol. The minimum absolute atomic E-state index is 0.524. The first-order valence-corrected chi connectivity index (χ1v) is 8.09. The van der Waals surface area contributed by atoms with Crippen LogP contribution in [0.1, 0.15) is 17.8 Å². The lowest BCUT2D eigenvalue weighted by molar-refractivity contribution is -0.139. The summed E-state index contributed by atoms with van der Waals surface area (Å²) in [6.07, 6.45) is -7.89. The Morgan fingerprint density at radius 2 is 1.86 bits per heavy atom. The van der Waals surface area contributed by atoms with E-state index >= 15 is 0 Å². The SMILES string of the molecule is COc1nc(NC(=O)NOS(=O)c2ccccc2C(F)(F)F)nc(C(F)F)n1. The van der Waals surface area contributed by atoms with E-state index in [0.717, 1.165) is 19.2 Å². The fourth-order valence-electron chi connectivity index (χ4n) is 1.71. The molecule has 2 rings (SSSR count). The highest BCUT2D eigenvalue weighted by Gasteiger charge is 2.35. The van der Waals surface area contributed by atoms with Gasteiger partial charge in [0, 0.05) is 0 Å². The summed E-state index contributed by atoms with van der Waals surface area (Å²) in [6, 6.07) is 2.02. The van der Waals surface area contributed by atoms with E-state index in [9.17, 15) is 31.0 Å². The number of hydroxylamine groups is 1. The largest absolute Gasteiger partial charge is 0.467 e. The summed E-state index contributed by atoms with van der Waals surface area (Å²) >= 11 is -2.73. The first-order valence-electron chi connectivity index (χ1n) is 7.02. The first-order chi connectivity index (χ1) is 13.1. The van der Waals surface area contributed by atoms with Crippen molar-refractivity contribution in [2.24, 2.45) is 0 Å². The summed E-state index contributed by atoms with van der Waals surface area (Å²) in [5, 5.41) is 1.86. The van der Waals surface area contributed by atoms with Crippen LogP contribution in [0.2, 0.25) is 0 Å². The van der Waals surface area contributed by atoms with Crippen molar-refractivity contribution in [1.82, 2.24) is 20.4 Å². The van der Waals surface area contributed by atoms with Gasteiger partial charge in [0.2, 0.25) is 22.9 Å². The molecule has 1 aromatic heterocycles. The minimum Gasteiger partial charge on any atom is -0.467 e. The molecule has 0 bridgehead atoms. The molecule has 0 saturated heterocycles. The molecule has 2 aromatic rings. The third-order valence-corrected chi connectivity index (χ3v) is 3.77. The summed E-state index contributed by atoms with van der Waals surface area (Å²) in [4.78, 5) is 20.9. The van der Waals surface area contributed by atoms with Crippen molar-refractivity contribution >= 4 is 23.1 Å². The van der Waals surface area contributed by atoms with Crippen LogP contribution in [0.25, 0.3) is 0 Å². The van der Waals surface area contributed by atoms with E-state index in [2.05, 4.69) is 24.0 Å². The van der Waals surface area contributed by atoms with Crippen LogP contribution in [0.5, 0.6) is 6.01 Å². The second-order valence-corrected chi connectivity index (χ2v) is 5.75. The molecule has 1 atom stereocenters. The van der Waals surface area contributed by atoms with Crippen LogP contribution in [0, 0.1) is 0 Å². The average Bonchev–Trinajstić information content (AvgIpc) is 2.65. The van der Waals surface area contributed by atoms with E-state index in [1.165, 1.54) is 6.07 Å². The Morgan fingerprint density at radius 1 is 1.18 bits per heavy atom. The third kappa shape index (κ3) is 5.53. The number of carbonyl (C=O) groups excluding carboxylic acids is 1. The van der Waals surface area contributed by atoms with Crippen molar-refractivity contribution in [3.63, 3.8) is 0 Å². The molecular formula is C13H10F5N5O4S. The molecule has 0 spiro atoms. The van der Waals surface area contributed by atoms with Gasteiger partial charge in [-0.25, -0.2) is 23.3 Å². The Hall–Kier alpha value is -2.94. The van der Waals surface area contributed by atoms with Gasteiger partial charge in [0.05, 0.1) is 17.6 Å². The minimum atomic E-state index is -4.80. The maximum atomic E-state index is 12.9. The Kier molecular flexibility index (Phi) is 6.74. The maximum Gasteiger partial charge on any atom is 0.417 e. The van der Waals surface area contributed by atoms with Gasteiger partial charge in [-0.15, -0.1) is 0 Å². The number of amides is 2. The molecule has 1 unspecified atom stereocenters. The van der Waals surface area contributed by atoms with Crippen molar-refractivity contribution in [1.29, 1.82) is 0 Å². The van der Waals surface area contributed by atoms with Crippen LogP contribution in [-0.2, 0) is 21.5 Å². The Labute approximate surface area is 155 Å². The van der Waals surface area contributed by atoms with Gasteiger partial charge in [0.1, 0.15) is 0 Å². The van der Waals surface area contributed by atoms with Crippen LogP contribution in [0.15, 0.2) is 29.2 Å². The number of carbonyl (C=O) groups is 1. The smallest absolute Gasteiger partial charge is 0.417 e. The molecule has 0 aliphatic rings. The predicted molar refractivity (Wildman–Crippen MR) is 82.4 cm³/mol. The van der Waals surface area contributed by atoms with Crippen LogP contribution < -0.4 is 15.5 Å². The molecule has 1 aromatic carbocycles. The Morgan fingerprint density at radius 3 is 2.46 bits per heavy atom. The molecule has 2 amide bonds. The number of halogens is 5. The van der Waals surface area contributed by atoms with E-state index < -0.39 is 58.0 Å². The van der Waals surface area contributed by atoms with Gasteiger partial charge >= 0.3 is 18.2 Å². The summed E-state index contributed by atoms with van der Waals surface area (Å²) in [5.41, 5.74) is 0.325. The normalized spacial score (nSPS) is 12.5. The van der Waals surface area contributed by atoms with Crippen LogP contribution in [-0.4, -0.2) is 32.3 Å². The van der Waals surface area contributed by atoms with Gasteiger partial charge in [-0.2, -0.15) is 32.4 Å². The highest BCUT2D eigenvalue weighted by molar-refractivity contribution is 7.80. The fourth-order valence-corrected chi connectivity index (χ4v) is 2.50. The number of nitrogens with one attached hydrogen (secondary N) is 2. The van der Waals surface area contributed by atoms with Crippen LogP contribution in [0.4, 0.5) is 32.7 Å². The number of urea groups is 1. The van der Waals surface area contributed by atoms with E-state index in [0.29, 0.717) is 6.07 Å². The van der Waals surface area contributed by atoms with Crippen molar-refractivity contribution in [3.05, 3.63) is 35.7 Å². The van der Waals surface area contributed by atoms with Gasteiger partial charge in [0.25, 0.3) is 6.43 Å². The fraction of sp³-hybridized carbons (Fsp3) is 0.231. The molecule has 15 heteroatoms. The zero-order valence-corrected chi connectivity index (χ0v) is 14.5. The van der Waals surface area contributed by atoms with Gasteiger partial charge < -0.3 is 4.74 Å². The number of hydrogen-bond acceptors (Lipinski definition) is 7. The van der Waals surface area contributed by atoms with Crippen LogP contribution >= 0.6 is 0 Å². The molecule has 9 nitrogen and oxygen atoms in total. The molecule has 0 aliphatic heterocycles. The molecular weight excluding hydrogens is 417 g/mol. The van der Waals surface area contributed by atoms with Crippen molar-refractivity contribution in [3.8, 4) is 6.01 Å². The quantitative estimate of drug-likeness (QED) is 0.538. The number of nitrogens with zero attached hydrogens (tertiary/aromatic N) is 3. The summed E-state index contributed by atoms with van der Waals surface area (Å²) in [7, 11) is 1.08. The molecule has 2 N–H and O–H groups in total. The maximum absolute atomic E-state index is 12.9. The second-order valence-electron chi connectivity index (χ2n) is 4.67. The molecule has 0 fully saturated rings. The lowest BCUT2D eigenvalue weighted by atomic mass is 10.2. The van der Waals surface area contributed by atoms with Gasteiger partial charge in [0.15, 0.2) is 0 Å². The predicted octanol–water partition coefficient (Wildman–Crippen LogP) is 2.61. The zero-order chi connectivity index (χ0) is 20.9. The van der Waals surface area contributed by atoms with Crippen LogP contribution in [0.3, 0.4) is 0 Å². The zero-order valence-electron chi connectivity index (χ0n) is 13.7. The monoisotopic (exact) mass is 427 g/mol.